The summed E-state index contributed by atoms with van der Waals surface area (Å²) in [5.74, 6) is 1.30. The van der Waals surface area contributed by atoms with Gasteiger partial charge in [-0.2, -0.15) is 0 Å². The normalized spacial score (nSPS) is 19.2. The van der Waals surface area contributed by atoms with Crippen molar-refractivity contribution in [1.29, 1.82) is 0 Å². The van der Waals surface area contributed by atoms with Crippen LogP contribution in [0.15, 0.2) is 30.5 Å². The van der Waals surface area contributed by atoms with E-state index in [1.807, 2.05) is 24.3 Å². The van der Waals surface area contributed by atoms with Crippen LogP contribution in [0.4, 0.5) is 5.69 Å². The van der Waals surface area contributed by atoms with Crippen molar-refractivity contribution in [3.05, 3.63) is 36.3 Å². The zero-order valence-electron chi connectivity index (χ0n) is 16.6. The molecule has 1 saturated heterocycles. The van der Waals surface area contributed by atoms with Crippen LogP contribution in [-0.2, 0) is 22.6 Å². The largest absolute Gasteiger partial charge is 0.342 e. The Hall–Kier alpha value is -2.63. The molecule has 0 radical (unpaired) electrons. The lowest BCUT2D eigenvalue weighted by Gasteiger charge is -2.18. The molecule has 28 heavy (non-hydrogen) atoms. The predicted octanol–water partition coefficient (Wildman–Crippen LogP) is 3.33. The lowest BCUT2D eigenvalue weighted by molar-refractivity contribution is -0.128. The van der Waals surface area contributed by atoms with Gasteiger partial charge in [0.2, 0.25) is 11.8 Å². The predicted molar refractivity (Wildman–Crippen MR) is 109 cm³/mol. The molecule has 1 atom stereocenters. The van der Waals surface area contributed by atoms with Gasteiger partial charge in [0.05, 0.1) is 11.6 Å². The SMILES string of the molecule is CC(C)CN1C[C@@H](C(=O)Nc2ccc(-c3cn4c(n3)CCCC4)cc2)CC1=O. The molecule has 2 amide bonds. The molecule has 0 bridgehead atoms. The molecule has 0 saturated carbocycles. The van der Waals surface area contributed by atoms with E-state index in [9.17, 15) is 9.59 Å². The fourth-order valence-corrected chi connectivity index (χ4v) is 4.09. The van der Waals surface area contributed by atoms with E-state index in [1.54, 1.807) is 4.90 Å². The first kappa shape index (κ1) is 18.7. The number of carbonyl (C=O) groups excluding carboxylic acids is 2. The van der Waals surface area contributed by atoms with Crippen LogP contribution in [0.2, 0.25) is 0 Å². The molecular formula is C22H28N4O2. The highest BCUT2D eigenvalue weighted by molar-refractivity contribution is 5.97. The molecule has 4 rings (SSSR count). The van der Waals surface area contributed by atoms with Gasteiger partial charge in [-0.3, -0.25) is 9.59 Å². The minimum Gasteiger partial charge on any atom is -0.342 e. The van der Waals surface area contributed by atoms with Crippen LogP contribution in [0, 0.1) is 11.8 Å². The minimum atomic E-state index is -0.272. The van der Waals surface area contributed by atoms with Gasteiger partial charge in [-0.15, -0.1) is 0 Å². The smallest absolute Gasteiger partial charge is 0.229 e. The average Bonchev–Trinajstić information content (AvgIpc) is 3.26. The number of fused-ring (bicyclic) bond motifs is 1. The molecule has 0 unspecified atom stereocenters. The minimum absolute atomic E-state index is 0.0768. The zero-order valence-corrected chi connectivity index (χ0v) is 16.6. The highest BCUT2D eigenvalue weighted by Crippen LogP contribution is 2.25. The summed E-state index contributed by atoms with van der Waals surface area (Å²) in [6.45, 7) is 6.44. The number of aromatic nitrogens is 2. The van der Waals surface area contributed by atoms with Gasteiger partial charge in [-0.25, -0.2) is 4.98 Å². The van der Waals surface area contributed by atoms with Crippen molar-refractivity contribution in [3.63, 3.8) is 0 Å². The Kier molecular flexibility index (Phi) is 5.20. The van der Waals surface area contributed by atoms with Crippen LogP contribution in [0.25, 0.3) is 11.3 Å². The second-order valence-corrected chi connectivity index (χ2v) is 8.35. The van der Waals surface area contributed by atoms with Crippen LogP contribution in [-0.4, -0.2) is 39.4 Å². The summed E-state index contributed by atoms with van der Waals surface area (Å²) in [6.07, 6.45) is 5.89. The number of aryl methyl sites for hydroxylation is 2. The number of rotatable bonds is 5. The lowest BCUT2D eigenvalue weighted by Crippen LogP contribution is -2.31. The molecule has 6 nitrogen and oxygen atoms in total. The van der Waals surface area contributed by atoms with Gasteiger partial charge < -0.3 is 14.8 Å². The summed E-state index contributed by atoms with van der Waals surface area (Å²) >= 11 is 0. The first-order chi connectivity index (χ1) is 13.5. The summed E-state index contributed by atoms with van der Waals surface area (Å²) in [7, 11) is 0. The van der Waals surface area contributed by atoms with E-state index in [0.29, 0.717) is 25.4 Å². The Bertz CT molecular complexity index is 846. The summed E-state index contributed by atoms with van der Waals surface area (Å²) < 4.78 is 2.24. The lowest BCUT2D eigenvalue weighted by atomic mass is 10.1. The van der Waals surface area contributed by atoms with E-state index in [2.05, 4.69) is 29.9 Å². The average molecular weight is 380 g/mol. The van der Waals surface area contributed by atoms with E-state index in [-0.39, 0.29) is 17.7 Å². The van der Waals surface area contributed by atoms with Crippen molar-refractivity contribution in [3.8, 4) is 11.3 Å². The topological polar surface area (TPSA) is 67.2 Å². The Morgan fingerprint density at radius 1 is 1.25 bits per heavy atom. The number of amides is 2. The van der Waals surface area contributed by atoms with E-state index in [1.165, 1.54) is 12.8 Å². The number of likely N-dealkylation sites (tertiary alicyclic amines) is 1. The number of nitrogens with one attached hydrogen (secondary N) is 1. The summed E-state index contributed by atoms with van der Waals surface area (Å²) in [4.78, 5) is 31.2. The van der Waals surface area contributed by atoms with Gasteiger partial charge in [0, 0.05) is 49.9 Å². The molecule has 2 aliphatic rings. The number of benzene rings is 1. The first-order valence-electron chi connectivity index (χ1n) is 10.2. The van der Waals surface area contributed by atoms with E-state index >= 15 is 0 Å². The quantitative estimate of drug-likeness (QED) is 0.865. The molecule has 1 aromatic carbocycles. The molecule has 3 heterocycles. The Morgan fingerprint density at radius 3 is 2.75 bits per heavy atom. The fraction of sp³-hybridized carbons (Fsp3) is 0.500. The monoisotopic (exact) mass is 380 g/mol. The van der Waals surface area contributed by atoms with E-state index in [4.69, 9.17) is 4.98 Å². The third kappa shape index (κ3) is 3.96. The van der Waals surface area contributed by atoms with Crippen LogP contribution in [0.5, 0.6) is 0 Å². The number of carbonyl (C=O) groups is 2. The maximum atomic E-state index is 12.6. The molecule has 6 heteroatoms. The molecule has 2 aliphatic heterocycles. The van der Waals surface area contributed by atoms with Crippen molar-refractivity contribution < 1.29 is 9.59 Å². The Labute approximate surface area is 165 Å². The number of hydrogen-bond acceptors (Lipinski definition) is 3. The third-order valence-electron chi connectivity index (χ3n) is 5.53. The van der Waals surface area contributed by atoms with Crippen molar-refractivity contribution in [2.75, 3.05) is 18.4 Å². The van der Waals surface area contributed by atoms with Crippen molar-refractivity contribution in [2.24, 2.45) is 11.8 Å². The van der Waals surface area contributed by atoms with Gasteiger partial charge in [-0.05, 0) is 30.9 Å². The highest BCUT2D eigenvalue weighted by Gasteiger charge is 2.34. The van der Waals surface area contributed by atoms with Gasteiger partial charge >= 0.3 is 0 Å². The van der Waals surface area contributed by atoms with Crippen LogP contribution >= 0.6 is 0 Å². The van der Waals surface area contributed by atoms with Crippen LogP contribution < -0.4 is 5.32 Å². The molecule has 148 valence electrons. The molecule has 1 aromatic heterocycles. The van der Waals surface area contributed by atoms with E-state index < -0.39 is 0 Å². The highest BCUT2D eigenvalue weighted by atomic mass is 16.2. The standard InChI is InChI=1S/C22H28N4O2/c1-15(2)12-26-13-17(11-21(26)27)22(28)23-18-8-6-16(7-9-18)19-14-25-10-4-3-5-20(25)24-19/h6-9,14-15,17H,3-5,10-13H2,1-2H3,(H,23,28)/t17-/m0/s1. The fourth-order valence-electron chi connectivity index (χ4n) is 4.09. The number of imidazole rings is 1. The zero-order chi connectivity index (χ0) is 19.7. The van der Waals surface area contributed by atoms with E-state index in [0.717, 1.165) is 35.7 Å². The second-order valence-electron chi connectivity index (χ2n) is 8.35. The molecule has 1 N–H and O–H groups in total. The Morgan fingerprint density at radius 2 is 2.04 bits per heavy atom. The summed E-state index contributed by atoms with van der Waals surface area (Å²) in [5.41, 5.74) is 2.80. The van der Waals surface area contributed by atoms with Gasteiger partial charge in [-0.1, -0.05) is 26.0 Å². The number of nitrogens with zero attached hydrogens (tertiary/aromatic N) is 3. The van der Waals surface area contributed by atoms with Crippen LogP contribution in [0.1, 0.15) is 38.9 Å². The van der Waals surface area contributed by atoms with Crippen molar-refractivity contribution in [1.82, 2.24) is 14.5 Å². The van der Waals surface area contributed by atoms with Crippen LogP contribution in [0.3, 0.4) is 0 Å². The maximum absolute atomic E-state index is 12.6. The molecule has 0 spiro atoms. The van der Waals surface area contributed by atoms with Crippen molar-refractivity contribution >= 4 is 17.5 Å². The Balaban J connectivity index is 1.39. The first-order valence-corrected chi connectivity index (χ1v) is 10.2. The van der Waals surface area contributed by atoms with Gasteiger partial charge in [0.1, 0.15) is 5.82 Å². The molecular weight excluding hydrogens is 352 g/mol. The van der Waals surface area contributed by atoms with Gasteiger partial charge in [0.15, 0.2) is 0 Å². The number of anilines is 1. The number of hydrogen-bond donors (Lipinski definition) is 1. The molecule has 2 aromatic rings. The maximum Gasteiger partial charge on any atom is 0.229 e. The molecule has 1 fully saturated rings. The summed E-state index contributed by atoms with van der Waals surface area (Å²) in [6, 6.07) is 7.81. The van der Waals surface area contributed by atoms with Crippen molar-refractivity contribution in [2.45, 2.75) is 46.1 Å². The summed E-state index contributed by atoms with van der Waals surface area (Å²) in [5, 5.41) is 2.96. The van der Waals surface area contributed by atoms with Gasteiger partial charge in [0.25, 0.3) is 0 Å². The third-order valence-corrected chi connectivity index (χ3v) is 5.53. The second kappa shape index (κ2) is 7.78. The molecule has 0 aliphatic carbocycles.